The molecule has 2 atom stereocenters. The molecular weight excluding hydrogens is 258 g/mol. The van der Waals surface area contributed by atoms with Gasteiger partial charge in [-0.25, -0.2) is 0 Å². The van der Waals surface area contributed by atoms with Crippen molar-refractivity contribution in [1.29, 1.82) is 0 Å². The van der Waals surface area contributed by atoms with Gasteiger partial charge in [0, 0.05) is 31.3 Å². The average Bonchev–Trinajstić information content (AvgIpc) is 3.14. The number of carbonyl (C=O) groups excluding carboxylic acids is 1. The quantitative estimate of drug-likeness (QED) is 0.902. The van der Waals surface area contributed by atoms with Crippen LogP contribution in [0.4, 0.5) is 0 Å². The number of likely N-dealkylation sites (tertiary alicyclic amines) is 1. The molecule has 3 rings (SSSR count). The summed E-state index contributed by atoms with van der Waals surface area (Å²) in [5.74, 6) is -1.27. The van der Waals surface area contributed by atoms with Crippen LogP contribution in [0.2, 0.25) is 0 Å². The van der Waals surface area contributed by atoms with E-state index in [0.717, 1.165) is 24.1 Å². The van der Waals surface area contributed by atoms with Gasteiger partial charge in [0.2, 0.25) is 5.91 Å². The normalized spacial score (nSPS) is 26.9. The van der Waals surface area contributed by atoms with Crippen LogP contribution in [-0.2, 0) is 16.6 Å². The van der Waals surface area contributed by atoms with Gasteiger partial charge < -0.3 is 10.0 Å². The molecule has 2 aliphatic rings. The summed E-state index contributed by atoms with van der Waals surface area (Å²) in [6.07, 6.45) is 4.56. The van der Waals surface area contributed by atoms with Crippen LogP contribution in [0.1, 0.15) is 43.0 Å². The lowest BCUT2D eigenvalue weighted by Crippen LogP contribution is -2.46. The molecule has 0 spiro atoms. The average molecular weight is 277 g/mol. The molecule has 108 valence electrons. The summed E-state index contributed by atoms with van der Waals surface area (Å²) in [7, 11) is 1.82. The van der Waals surface area contributed by atoms with Gasteiger partial charge in [0.25, 0.3) is 0 Å². The molecule has 6 nitrogen and oxygen atoms in total. The first-order valence-electron chi connectivity index (χ1n) is 7.03. The Balaban J connectivity index is 2.04. The Hall–Kier alpha value is -1.85. The minimum absolute atomic E-state index is 0.0817. The van der Waals surface area contributed by atoms with Crippen LogP contribution in [0.3, 0.4) is 0 Å². The lowest BCUT2D eigenvalue weighted by Gasteiger charge is -2.39. The Morgan fingerprint density at radius 3 is 2.60 bits per heavy atom. The predicted molar refractivity (Wildman–Crippen MR) is 70.9 cm³/mol. The molecule has 1 aromatic rings. The molecule has 1 amide bonds. The van der Waals surface area contributed by atoms with Gasteiger partial charge in [0.15, 0.2) is 0 Å². The van der Waals surface area contributed by atoms with E-state index in [9.17, 15) is 14.7 Å². The number of nitrogens with zero attached hydrogens (tertiary/aromatic N) is 3. The van der Waals surface area contributed by atoms with Gasteiger partial charge in [-0.05, 0) is 26.2 Å². The van der Waals surface area contributed by atoms with Crippen LogP contribution in [-0.4, -0.2) is 37.7 Å². The summed E-state index contributed by atoms with van der Waals surface area (Å²) in [5.41, 5.74) is 1.68. The first kappa shape index (κ1) is 13.1. The maximum Gasteiger partial charge on any atom is 0.308 e. The number of amides is 1. The van der Waals surface area contributed by atoms with Crippen molar-refractivity contribution < 1.29 is 14.7 Å². The summed E-state index contributed by atoms with van der Waals surface area (Å²) < 4.78 is 1.69. The summed E-state index contributed by atoms with van der Waals surface area (Å²) in [4.78, 5) is 25.6. The molecule has 20 heavy (non-hydrogen) atoms. The second-order valence-corrected chi connectivity index (χ2v) is 5.80. The second kappa shape index (κ2) is 4.61. The highest BCUT2D eigenvalue weighted by Gasteiger charge is 2.47. The van der Waals surface area contributed by atoms with Crippen LogP contribution in [0, 0.1) is 12.8 Å². The van der Waals surface area contributed by atoms with E-state index in [0.29, 0.717) is 12.8 Å². The van der Waals surface area contributed by atoms with Crippen molar-refractivity contribution in [2.75, 3.05) is 0 Å². The zero-order valence-corrected chi connectivity index (χ0v) is 11.7. The van der Waals surface area contributed by atoms with Crippen molar-refractivity contribution in [2.45, 2.75) is 44.7 Å². The fourth-order valence-electron chi connectivity index (χ4n) is 3.23. The maximum atomic E-state index is 12.3. The van der Waals surface area contributed by atoms with Crippen LogP contribution < -0.4 is 0 Å². The predicted octanol–water partition coefficient (Wildman–Crippen LogP) is 1.26. The third-order valence-electron chi connectivity index (χ3n) is 4.27. The van der Waals surface area contributed by atoms with Crippen molar-refractivity contribution in [2.24, 2.45) is 13.0 Å². The Labute approximate surface area is 117 Å². The Morgan fingerprint density at radius 1 is 1.40 bits per heavy atom. The molecule has 0 bridgehead atoms. The number of aromatic nitrogens is 2. The second-order valence-electron chi connectivity index (χ2n) is 5.80. The number of aliphatic carboxylic acids is 1. The molecule has 1 saturated heterocycles. The van der Waals surface area contributed by atoms with Gasteiger partial charge in [-0.3, -0.25) is 14.3 Å². The van der Waals surface area contributed by atoms with Gasteiger partial charge in [-0.1, -0.05) is 0 Å². The number of piperidine rings is 1. The number of hydrogen-bond acceptors (Lipinski definition) is 3. The number of rotatable bonds is 3. The molecule has 1 N–H and O–H groups in total. The number of aryl methyl sites for hydroxylation is 2. The molecule has 2 unspecified atom stereocenters. The number of carbonyl (C=O) groups is 2. The van der Waals surface area contributed by atoms with Crippen molar-refractivity contribution in [1.82, 2.24) is 14.7 Å². The highest BCUT2D eigenvalue weighted by Crippen LogP contribution is 2.44. The number of carboxylic acids is 1. The number of carboxylic acid groups (broad SMARTS) is 1. The fraction of sp³-hybridized carbons (Fsp3) is 0.643. The monoisotopic (exact) mass is 277 g/mol. The first-order valence-corrected chi connectivity index (χ1v) is 7.03. The molecule has 1 saturated carbocycles. The maximum absolute atomic E-state index is 12.3. The minimum Gasteiger partial charge on any atom is -0.481 e. The van der Waals surface area contributed by atoms with Gasteiger partial charge in [-0.15, -0.1) is 0 Å². The van der Waals surface area contributed by atoms with Gasteiger partial charge in [0.05, 0.1) is 17.7 Å². The lowest BCUT2D eigenvalue weighted by molar-refractivity contribution is -0.152. The molecule has 2 heterocycles. The lowest BCUT2D eigenvalue weighted by atomic mass is 9.84. The highest BCUT2D eigenvalue weighted by atomic mass is 16.4. The van der Waals surface area contributed by atoms with Crippen molar-refractivity contribution in [3.63, 3.8) is 0 Å². The SMILES string of the molecule is Cc1nn(C)cc1C1C(C(=O)O)CCC(=O)N1C1CC1. The summed E-state index contributed by atoms with van der Waals surface area (Å²) >= 11 is 0. The molecule has 0 radical (unpaired) electrons. The Morgan fingerprint density at radius 2 is 2.10 bits per heavy atom. The fourth-order valence-corrected chi connectivity index (χ4v) is 3.23. The van der Waals surface area contributed by atoms with Crippen molar-refractivity contribution in [3.05, 3.63) is 17.5 Å². The van der Waals surface area contributed by atoms with E-state index in [-0.39, 0.29) is 18.0 Å². The molecule has 1 aliphatic carbocycles. The van der Waals surface area contributed by atoms with Gasteiger partial charge in [0.1, 0.15) is 0 Å². The van der Waals surface area contributed by atoms with Crippen LogP contribution in [0.25, 0.3) is 0 Å². The van der Waals surface area contributed by atoms with Crippen LogP contribution in [0.5, 0.6) is 0 Å². The minimum atomic E-state index is -0.823. The van der Waals surface area contributed by atoms with E-state index in [2.05, 4.69) is 5.10 Å². The molecule has 1 aliphatic heterocycles. The third kappa shape index (κ3) is 2.09. The van der Waals surface area contributed by atoms with Gasteiger partial charge >= 0.3 is 5.97 Å². The smallest absolute Gasteiger partial charge is 0.308 e. The molecule has 6 heteroatoms. The van der Waals surface area contributed by atoms with Crippen molar-refractivity contribution >= 4 is 11.9 Å². The van der Waals surface area contributed by atoms with Crippen LogP contribution in [0.15, 0.2) is 6.20 Å². The Kier molecular flexibility index (Phi) is 3.03. The van der Waals surface area contributed by atoms with Crippen molar-refractivity contribution in [3.8, 4) is 0 Å². The van der Waals surface area contributed by atoms with E-state index in [4.69, 9.17) is 0 Å². The largest absolute Gasteiger partial charge is 0.481 e. The van der Waals surface area contributed by atoms with E-state index >= 15 is 0 Å². The molecule has 0 aromatic carbocycles. The Bertz CT molecular complexity index is 562. The molecule has 1 aromatic heterocycles. The van der Waals surface area contributed by atoms with E-state index in [1.165, 1.54) is 0 Å². The highest BCUT2D eigenvalue weighted by molar-refractivity contribution is 5.82. The summed E-state index contributed by atoms with van der Waals surface area (Å²) in [6.45, 7) is 1.87. The van der Waals surface area contributed by atoms with E-state index < -0.39 is 11.9 Å². The summed E-state index contributed by atoms with van der Waals surface area (Å²) in [6, 6.07) is -0.149. The third-order valence-corrected chi connectivity index (χ3v) is 4.27. The number of hydrogen-bond donors (Lipinski definition) is 1. The van der Waals surface area contributed by atoms with Gasteiger partial charge in [-0.2, -0.15) is 5.10 Å². The summed E-state index contributed by atoms with van der Waals surface area (Å²) in [5, 5.41) is 13.8. The molecular formula is C14H19N3O3. The topological polar surface area (TPSA) is 75.4 Å². The van der Waals surface area contributed by atoms with Crippen LogP contribution >= 0.6 is 0 Å². The van der Waals surface area contributed by atoms with E-state index in [1.54, 1.807) is 4.68 Å². The van der Waals surface area contributed by atoms with E-state index in [1.807, 2.05) is 25.1 Å². The zero-order chi connectivity index (χ0) is 14.4. The first-order chi connectivity index (χ1) is 9.49. The zero-order valence-electron chi connectivity index (χ0n) is 11.7. The molecule has 2 fully saturated rings. The standard InChI is InChI=1S/C14H19N3O3/c1-8-11(7-16(2)15-8)13-10(14(19)20)5-6-12(18)17(13)9-3-4-9/h7,9-10,13H,3-6H2,1-2H3,(H,19,20).